The molecule has 1 saturated carbocycles. The van der Waals surface area contributed by atoms with E-state index in [1.54, 1.807) is 11.3 Å². The number of rotatable bonds is 7. The van der Waals surface area contributed by atoms with Gasteiger partial charge in [0.1, 0.15) is 22.7 Å². The Hall–Kier alpha value is -2.97. The molecule has 43 heavy (non-hydrogen) atoms. The molecule has 4 aliphatic heterocycles. The molecule has 0 amide bonds. The van der Waals surface area contributed by atoms with Gasteiger partial charge in [-0.3, -0.25) is 4.21 Å². The van der Waals surface area contributed by atoms with Gasteiger partial charge in [0.25, 0.3) is 0 Å². The number of nitrogens with one attached hydrogen (secondary N) is 1. The number of ether oxygens (including phenoxy) is 1. The van der Waals surface area contributed by atoms with Crippen molar-refractivity contribution in [3.8, 4) is 18.1 Å². The van der Waals surface area contributed by atoms with E-state index in [9.17, 15) is 14.7 Å². The molecule has 2 aliphatic carbocycles. The summed E-state index contributed by atoms with van der Waals surface area (Å²) in [6.45, 7) is 6.26. The Morgan fingerprint density at radius 3 is 2.35 bits per heavy atom. The fraction of sp³-hybridized carbons (Fsp3) is 0.667. The van der Waals surface area contributed by atoms with Crippen LogP contribution in [0.5, 0.6) is 6.01 Å². The zero-order chi connectivity index (χ0) is 29.3. The van der Waals surface area contributed by atoms with Crippen LogP contribution in [-0.2, 0) is 22.6 Å². The van der Waals surface area contributed by atoms with Gasteiger partial charge in [0, 0.05) is 95.9 Å². The minimum absolute atomic E-state index is 0.0816. The van der Waals surface area contributed by atoms with Gasteiger partial charge in [0.15, 0.2) is 11.6 Å². The van der Waals surface area contributed by atoms with E-state index in [4.69, 9.17) is 20.4 Å². The van der Waals surface area contributed by atoms with Crippen molar-refractivity contribution in [1.82, 2.24) is 20.2 Å². The second-order valence-electron chi connectivity index (χ2n) is 13.5. The van der Waals surface area contributed by atoms with Crippen molar-refractivity contribution in [3.63, 3.8) is 0 Å². The highest BCUT2D eigenvalue weighted by Gasteiger charge is 2.52. The number of aryl methyl sites for hydroxylation is 1. The third-order valence-electron chi connectivity index (χ3n) is 10.5. The zero-order valence-corrected chi connectivity index (χ0v) is 25.9. The number of hydrogen-bond acceptors (Lipinski definition) is 12. The van der Waals surface area contributed by atoms with Crippen LogP contribution in [-0.4, -0.2) is 95.1 Å². The molecule has 2 aromatic rings. The number of nitriles is 2. The van der Waals surface area contributed by atoms with Crippen molar-refractivity contribution in [1.29, 1.82) is 10.5 Å². The molecule has 6 heterocycles. The molecule has 3 N–H and O–H groups in total. The van der Waals surface area contributed by atoms with Crippen LogP contribution < -0.4 is 25.6 Å². The SMILES string of the molecule is N#Cc1c(N2CC3CCC(C2)N3)nc(OCC2(CN3CCS(=O)CC3)CC2)nc1N1CC2(CCc3sc(N)c(C#N)c32)C1. The molecule has 4 saturated heterocycles. The lowest BCUT2D eigenvalue weighted by Crippen LogP contribution is -2.59. The second kappa shape index (κ2) is 10.3. The summed E-state index contributed by atoms with van der Waals surface area (Å²) >= 11 is 1.55. The molecule has 6 aliphatic rings. The molecular weight excluding hydrogens is 583 g/mol. The number of hydrogen-bond donors (Lipinski definition) is 2. The van der Waals surface area contributed by atoms with Crippen LogP contribution in [0.1, 0.15) is 53.7 Å². The Kier molecular flexibility index (Phi) is 6.60. The fourth-order valence-corrected chi connectivity index (χ4v) is 10.3. The first kappa shape index (κ1) is 27.6. The van der Waals surface area contributed by atoms with E-state index in [1.165, 1.54) is 4.88 Å². The molecule has 8 rings (SSSR count). The fourth-order valence-electron chi connectivity index (χ4n) is 8.03. The lowest BCUT2D eigenvalue weighted by molar-refractivity contribution is 0.160. The smallest absolute Gasteiger partial charge is 0.320 e. The Morgan fingerprint density at radius 2 is 1.70 bits per heavy atom. The molecular formula is C30H37N9O2S2. The summed E-state index contributed by atoms with van der Waals surface area (Å²) in [4.78, 5) is 17.9. The summed E-state index contributed by atoms with van der Waals surface area (Å²) < 4.78 is 18.3. The monoisotopic (exact) mass is 619 g/mol. The maximum absolute atomic E-state index is 11.8. The number of aromatic nitrogens is 2. The minimum atomic E-state index is -0.685. The van der Waals surface area contributed by atoms with Crippen LogP contribution in [0.25, 0.3) is 0 Å². The van der Waals surface area contributed by atoms with Crippen molar-refractivity contribution in [2.24, 2.45) is 5.41 Å². The molecule has 2 atom stereocenters. The van der Waals surface area contributed by atoms with Gasteiger partial charge in [-0.2, -0.15) is 20.5 Å². The van der Waals surface area contributed by atoms with E-state index >= 15 is 0 Å². The highest BCUT2D eigenvalue weighted by Crippen LogP contribution is 2.53. The molecule has 11 nitrogen and oxygen atoms in total. The number of thiophene rings is 1. The summed E-state index contributed by atoms with van der Waals surface area (Å²) in [7, 11) is -0.685. The molecule has 2 aromatic heterocycles. The quantitative estimate of drug-likeness (QED) is 0.467. The van der Waals surface area contributed by atoms with E-state index in [1.807, 2.05) is 0 Å². The Bertz CT molecular complexity index is 1550. The van der Waals surface area contributed by atoms with Crippen molar-refractivity contribution in [3.05, 3.63) is 21.6 Å². The number of anilines is 3. The first-order valence-electron chi connectivity index (χ1n) is 15.5. The number of nitrogens with zero attached hydrogens (tertiary/aromatic N) is 7. The first-order valence-corrected chi connectivity index (χ1v) is 17.8. The van der Waals surface area contributed by atoms with Gasteiger partial charge in [-0.15, -0.1) is 11.3 Å². The van der Waals surface area contributed by atoms with Crippen LogP contribution in [0, 0.1) is 28.1 Å². The van der Waals surface area contributed by atoms with Crippen molar-refractivity contribution >= 4 is 38.8 Å². The molecule has 0 radical (unpaired) electrons. The van der Waals surface area contributed by atoms with Gasteiger partial charge in [-0.05, 0) is 44.1 Å². The summed E-state index contributed by atoms with van der Waals surface area (Å²) in [6, 6.07) is 5.97. The Balaban J connectivity index is 1.07. The molecule has 2 bridgehead atoms. The van der Waals surface area contributed by atoms with Crippen LogP contribution in [0.2, 0.25) is 0 Å². The zero-order valence-electron chi connectivity index (χ0n) is 24.3. The Labute approximate surface area is 258 Å². The maximum Gasteiger partial charge on any atom is 0.320 e. The van der Waals surface area contributed by atoms with Crippen LogP contribution in [0.4, 0.5) is 16.6 Å². The molecule has 13 heteroatoms. The van der Waals surface area contributed by atoms with Gasteiger partial charge in [-0.25, -0.2) is 0 Å². The van der Waals surface area contributed by atoms with Crippen molar-refractivity contribution in [2.45, 2.75) is 56.0 Å². The number of piperazine rings is 1. The van der Waals surface area contributed by atoms with Crippen molar-refractivity contribution in [2.75, 3.05) is 79.5 Å². The molecule has 0 aromatic carbocycles. The highest BCUT2D eigenvalue weighted by atomic mass is 32.2. The van der Waals surface area contributed by atoms with E-state index in [0.29, 0.717) is 65.6 Å². The lowest BCUT2D eigenvalue weighted by Gasteiger charge is -2.49. The third kappa shape index (κ3) is 4.76. The van der Waals surface area contributed by atoms with Gasteiger partial charge in [0.05, 0.1) is 12.2 Å². The maximum atomic E-state index is 11.8. The predicted octanol–water partition coefficient (Wildman–Crippen LogP) is 1.73. The number of fused-ring (bicyclic) bond motifs is 4. The van der Waals surface area contributed by atoms with E-state index in [0.717, 1.165) is 88.3 Å². The second-order valence-corrected chi connectivity index (χ2v) is 16.3. The topological polar surface area (TPSA) is 147 Å². The third-order valence-corrected chi connectivity index (χ3v) is 12.9. The van der Waals surface area contributed by atoms with Gasteiger partial charge >= 0.3 is 6.01 Å². The van der Waals surface area contributed by atoms with Crippen LogP contribution >= 0.6 is 11.3 Å². The van der Waals surface area contributed by atoms with Gasteiger partial charge in [0.2, 0.25) is 0 Å². The van der Waals surface area contributed by atoms with E-state index < -0.39 is 10.8 Å². The summed E-state index contributed by atoms with van der Waals surface area (Å²) in [5.41, 5.74) is 8.43. The average molecular weight is 620 g/mol. The minimum Gasteiger partial charge on any atom is -0.463 e. The van der Waals surface area contributed by atoms with Crippen molar-refractivity contribution < 1.29 is 8.95 Å². The molecule has 1 spiro atoms. The normalized spacial score (nSPS) is 27.0. The van der Waals surface area contributed by atoms with E-state index in [-0.39, 0.29) is 10.8 Å². The highest BCUT2D eigenvalue weighted by molar-refractivity contribution is 7.85. The van der Waals surface area contributed by atoms with Crippen LogP contribution in [0.3, 0.4) is 0 Å². The largest absolute Gasteiger partial charge is 0.463 e. The number of nitrogen functional groups attached to an aromatic ring is 1. The summed E-state index contributed by atoms with van der Waals surface area (Å²) in [5.74, 6) is 2.82. The standard InChI is InChI=1S/C30H37N9O2S2/c31-11-21-24-23(42-25(21)33)3-4-30(24)16-39(17-30)27-22(12-32)26(38-13-19-1-2-20(14-38)34-19)35-28(36-27)41-18-29(5-6-29)15-37-7-9-43(40)10-8-37/h19-20,34H,1-10,13-18,33H2. The Morgan fingerprint density at radius 1 is 1.02 bits per heavy atom. The summed E-state index contributed by atoms with van der Waals surface area (Å²) in [6.07, 6.45) is 6.40. The molecule has 5 fully saturated rings. The van der Waals surface area contributed by atoms with Crippen LogP contribution in [0.15, 0.2) is 0 Å². The predicted molar refractivity (Wildman–Crippen MR) is 166 cm³/mol. The average Bonchev–Trinajstić information content (AvgIpc) is 3.36. The molecule has 226 valence electrons. The summed E-state index contributed by atoms with van der Waals surface area (Å²) in [5, 5.41) is 24.6. The number of nitrogens with two attached hydrogens (primary N) is 1. The lowest BCUT2D eigenvalue weighted by atomic mass is 9.74. The van der Waals surface area contributed by atoms with Gasteiger partial charge < -0.3 is 30.5 Å². The molecule has 2 unspecified atom stereocenters. The first-order chi connectivity index (χ1) is 20.9. The van der Waals surface area contributed by atoms with Gasteiger partial charge in [-0.1, -0.05) is 0 Å². The van der Waals surface area contributed by atoms with E-state index in [2.05, 4.69) is 32.2 Å².